The Bertz CT molecular complexity index is 956. The van der Waals surface area contributed by atoms with Gasteiger partial charge < -0.3 is 10.6 Å². The summed E-state index contributed by atoms with van der Waals surface area (Å²) in [5.41, 5.74) is 2.17. The van der Waals surface area contributed by atoms with Crippen molar-refractivity contribution in [1.29, 1.82) is 5.26 Å². The Labute approximate surface area is 149 Å². The van der Waals surface area contributed by atoms with E-state index in [0.29, 0.717) is 16.8 Å². The summed E-state index contributed by atoms with van der Waals surface area (Å²) < 4.78 is 1.64. The highest BCUT2D eigenvalue weighted by Gasteiger charge is 2.11. The molecule has 0 saturated heterocycles. The molecule has 7 nitrogen and oxygen atoms in total. The van der Waals surface area contributed by atoms with E-state index in [1.54, 1.807) is 59.5 Å². The first-order valence-corrected chi connectivity index (χ1v) is 7.84. The maximum absolute atomic E-state index is 12.2. The molecule has 0 spiro atoms. The first kappa shape index (κ1) is 16.9. The van der Waals surface area contributed by atoms with Crippen molar-refractivity contribution in [2.75, 3.05) is 11.9 Å². The second kappa shape index (κ2) is 7.77. The van der Waals surface area contributed by atoms with Crippen molar-refractivity contribution in [3.05, 3.63) is 78.1 Å². The van der Waals surface area contributed by atoms with Crippen LogP contribution in [0, 0.1) is 11.3 Å². The molecule has 26 heavy (non-hydrogen) atoms. The molecule has 128 valence electrons. The SMILES string of the molecule is N#Cc1ccc(C(=O)NCC(=O)Nc2ccccc2-n2cccn2)cc1. The van der Waals surface area contributed by atoms with E-state index in [1.807, 2.05) is 18.2 Å². The van der Waals surface area contributed by atoms with Gasteiger partial charge >= 0.3 is 0 Å². The number of nitrogens with one attached hydrogen (secondary N) is 2. The van der Waals surface area contributed by atoms with Gasteiger partial charge in [0.25, 0.3) is 5.91 Å². The summed E-state index contributed by atoms with van der Waals surface area (Å²) >= 11 is 0. The van der Waals surface area contributed by atoms with Gasteiger partial charge in [-0.2, -0.15) is 10.4 Å². The molecule has 3 aromatic rings. The molecule has 2 N–H and O–H groups in total. The number of amides is 2. The maximum Gasteiger partial charge on any atom is 0.251 e. The van der Waals surface area contributed by atoms with Gasteiger partial charge in [0, 0.05) is 18.0 Å². The van der Waals surface area contributed by atoms with Crippen LogP contribution in [0.2, 0.25) is 0 Å². The number of hydrogen-bond donors (Lipinski definition) is 2. The maximum atomic E-state index is 12.2. The van der Waals surface area contributed by atoms with Crippen molar-refractivity contribution in [3.63, 3.8) is 0 Å². The Morgan fingerprint density at radius 3 is 2.54 bits per heavy atom. The highest BCUT2D eigenvalue weighted by Crippen LogP contribution is 2.18. The smallest absolute Gasteiger partial charge is 0.251 e. The van der Waals surface area contributed by atoms with Crippen molar-refractivity contribution in [3.8, 4) is 11.8 Å². The molecule has 0 fully saturated rings. The molecule has 0 aliphatic carbocycles. The van der Waals surface area contributed by atoms with Crippen molar-refractivity contribution in [2.45, 2.75) is 0 Å². The second-order valence-corrected chi connectivity index (χ2v) is 5.39. The number of benzene rings is 2. The summed E-state index contributed by atoms with van der Waals surface area (Å²) in [6, 6.07) is 17.2. The third kappa shape index (κ3) is 3.94. The Morgan fingerprint density at radius 2 is 1.85 bits per heavy atom. The number of nitriles is 1. The predicted molar refractivity (Wildman–Crippen MR) is 95.7 cm³/mol. The molecule has 3 rings (SSSR count). The van der Waals surface area contributed by atoms with Gasteiger partial charge in [0.05, 0.1) is 29.6 Å². The molecule has 7 heteroatoms. The number of hydrogen-bond acceptors (Lipinski definition) is 4. The van der Waals surface area contributed by atoms with Crippen molar-refractivity contribution in [2.24, 2.45) is 0 Å². The molecule has 1 heterocycles. The van der Waals surface area contributed by atoms with E-state index in [0.717, 1.165) is 5.69 Å². The fourth-order valence-corrected chi connectivity index (χ4v) is 2.34. The van der Waals surface area contributed by atoms with Crippen LogP contribution in [0.3, 0.4) is 0 Å². The zero-order valence-corrected chi connectivity index (χ0v) is 13.7. The van der Waals surface area contributed by atoms with Crippen LogP contribution < -0.4 is 10.6 Å². The molecule has 0 atom stereocenters. The largest absolute Gasteiger partial charge is 0.343 e. The van der Waals surface area contributed by atoms with Crippen LogP contribution in [-0.2, 0) is 4.79 Å². The Balaban J connectivity index is 1.61. The quantitative estimate of drug-likeness (QED) is 0.740. The molecule has 1 aromatic heterocycles. The third-order valence-electron chi connectivity index (χ3n) is 3.62. The normalized spacial score (nSPS) is 9.96. The first-order chi connectivity index (χ1) is 12.7. The van der Waals surface area contributed by atoms with E-state index in [2.05, 4.69) is 15.7 Å². The van der Waals surface area contributed by atoms with Crippen LogP contribution in [0.15, 0.2) is 67.0 Å². The number of carbonyl (C=O) groups excluding carboxylic acids is 2. The van der Waals surface area contributed by atoms with Crippen molar-refractivity contribution in [1.82, 2.24) is 15.1 Å². The summed E-state index contributed by atoms with van der Waals surface area (Å²) in [6.07, 6.45) is 3.42. The minimum absolute atomic E-state index is 0.174. The van der Waals surface area contributed by atoms with Crippen LogP contribution >= 0.6 is 0 Å². The van der Waals surface area contributed by atoms with E-state index < -0.39 is 0 Å². The van der Waals surface area contributed by atoms with Crippen LogP contribution in [0.5, 0.6) is 0 Å². The average Bonchev–Trinajstić information content (AvgIpc) is 3.21. The van der Waals surface area contributed by atoms with Crippen LogP contribution in [0.1, 0.15) is 15.9 Å². The summed E-state index contributed by atoms with van der Waals surface area (Å²) in [5, 5.41) is 18.2. The fraction of sp³-hybridized carbons (Fsp3) is 0.0526. The van der Waals surface area contributed by atoms with Crippen LogP contribution in [0.4, 0.5) is 5.69 Å². The number of aromatic nitrogens is 2. The molecule has 2 aromatic carbocycles. The van der Waals surface area contributed by atoms with Gasteiger partial charge in [-0.25, -0.2) is 4.68 Å². The molecular weight excluding hydrogens is 330 g/mol. The highest BCUT2D eigenvalue weighted by molar-refractivity contribution is 6.00. The first-order valence-electron chi connectivity index (χ1n) is 7.84. The zero-order chi connectivity index (χ0) is 18.4. The lowest BCUT2D eigenvalue weighted by Crippen LogP contribution is -2.33. The second-order valence-electron chi connectivity index (χ2n) is 5.39. The van der Waals surface area contributed by atoms with E-state index in [9.17, 15) is 9.59 Å². The third-order valence-corrected chi connectivity index (χ3v) is 3.62. The van der Waals surface area contributed by atoms with Crippen LogP contribution in [0.25, 0.3) is 5.69 Å². The Kier molecular flexibility index (Phi) is 5.05. The molecule has 0 bridgehead atoms. The average molecular weight is 345 g/mol. The number of rotatable bonds is 5. The molecular formula is C19H15N5O2. The lowest BCUT2D eigenvalue weighted by Gasteiger charge is -2.11. The lowest BCUT2D eigenvalue weighted by atomic mass is 10.1. The van der Waals surface area contributed by atoms with Crippen molar-refractivity contribution >= 4 is 17.5 Å². The number of para-hydroxylation sites is 2. The molecule has 0 radical (unpaired) electrons. The summed E-state index contributed by atoms with van der Waals surface area (Å²) in [7, 11) is 0. The van der Waals surface area contributed by atoms with E-state index in [4.69, 9.17) is 5.26 Å². The number of carbonyl (C=O) groups is 2. The van der Waals surface area contributed by atoms with Crippen molar-refractivity contribution < 1.29 is 9.59 Å². The van der Waals surface area contributed by atoms with Gasteiger partial charge in [-0.3, -0.25) is 9.59 Å². The summed E-state index contributed by atoms with van der Waals surface area (Å²) in [6.45, 7) is -0.174. The van der Waals surface area contributed by atoms with Gasteiger partial charge in [-0.15, -0.1) is 0 Å². The van der Waals surface area contributed by atoms with Gasteiger partial charge in [-0.05, 0) is 42.5 Å². The summed E-state index contributed by atoms with van der Waals surface area (Å²) in [4.78, 5) is 24.2. The molecule has 0 aliphatic rings. The van der Waals surface area contributed by atoms with E-state index in [-0.39, 0.29) is 18.4 Å². The zero-order valence-electron chi connectivity index (χ0n) is 13.7. The van der Waals surface area contributed by atoms with Gasteiger partial charge in [0.15, 0.2) is 0 Å². The molecule has 2 amide bonds. The molecule has 0 saturated carbocycles. The fourth-order valence-electron chi connectivity index (χ4n) is 2.34. The number of nitrogens with zero attached hydrogens (tertiary/aromatic N) is 3. The molecule has 0 unspecified atom stereocenters. The van der Waals surface area contributed by atoms with Gasteiger partial charge in [-0.1, -0.05) is 12.1 Å². The van der Waals surface area contributed by atoms with E-state index in [1.165, 1.54) is 0 Å². The topological polar surface area (TPSA) is 99.8 Å². The van der Waals surface area contributed by atoms with Gasteiger partial charge in [0.2, 0.25) is 5.91 Å². The van der Waals surface area contributed by atoms with Crippen LogP contribution in [-0.4, -0.2) is 28.1 Å². The highest BCUT2D eigenvalue weighted by atomic mass is 16.2. The Morgan fingerprint density at radius 1 is 1.08 bits per heavy atom. The monoisotopic (exact) mass is 345 g/mol. The summed E-state index contributed by atoms with van der Waals surface area (Å²) in [5.74, 6) is -0.739. The van der Waals surface area contributed by atoms with Gasteiger partial charge in [0.1, 0.15) is 0 Å². The number of anilines is 1. The minimum atomic E-state index is -0.384. The predicted octanol–water partition coefficient (Wildman–Crippen LogP) is 2.11. The molecule has 0 aliphatic heterocycles. The lowest BCUT2D eigenvalue weighted by molar-refractivity contribution is -0.115. The minimum Gasteiger partial charge on any atom is -0.343 e. The standard InChI is InChI=1S/C19H15N5O2/c20-12-14-6-8-15(9-7-14)19(26)21-13-18(25)23-16-4-1-2-5-17(16)24-11-3-10-22-24/h1-11H,13H2,(H,21,26)(H,23,25). The van der Waals surface area contributed by atoms with E-state index >= 15 is 0 Å². The Hall–Kier alpha value is -3.92.